The fourth-order valence-electron chi connectivity index (χ4n) is 1.39. The van der Waals surface area contributed by atoms with E-state index in [2.05, 4.69) is 27.9 Å². The van der Waals surface area contributed by atoms with Gasteiger partial charge in [-0.1, -0.05) is 26.1 Å². The van der Waals surface area contributed by atoms with E-state index in [1.165, 1.54) is 0 Å². The topological polar surface area (TPSA) is 55.1 Å². The summed E-state index contributed by atoms with van der Waals surface area (Å²) in [4.78, 5) is 12.3. The highest BCUT2D eigenvalue weighted by molar-refractivity contribution is 14.1. The molecule has 5 heteroatoms. The molecule has 0 radical (unpaired) electrons. The molecule has 92 valence electrons. The van der Waals surface area contributed by atoms with Crippen molar-refractivity contribution in [3.05, 3.63) is 33.4 Å². The molecule has 0 saturated heterocycles. The van der Waals surface area contributed by atoms with Crippen LogP contribution in [0.3, 0.4) is 0 Å². The SMILES string of the molecule is CC(C)C(NC(=O)c1ccc(I)cc1)C(N)=S. The van der Waals surface area contributed by atoms with Gasteiger partial charge in [-0.2, -0.15) is 0 Å². The van der Waals surface area contributed by atoms with Gasteiger partial charge in [-0.05, 0) is 52.8 Å². The first kappa shape index (κ1) is 14.4. The van der Waals surface area contributed by atoms with Gasteiger partial charge >= 0.3 is 0 Å². The third-order valence-corrected chi connectivity index (χ3v) is 3.34. The largest absolute Gasteiger partial charge is 0.392 e. The zero-order valence-electron chi connectivity index (χ0n) is 9.74. The molecule has 0 aliphatic heterocycles. The molecule has 17 heavy (non-hydrogen) atoms. The Kier molecular flexibility index (Phi) is 5.32. The molecular formula is C12H15IN2OS. The van der Waals surface area contributed by atoms with E-state index in [0.29, 0.717) is 10.6 Å². The van der Waals surface area contributed by atoms with Crippen LogP contribution in [0.25, 0.3) is 0 Å². The maximum absolute atomic E-state index is 11.9. The van der Waals surface area contributed by atoms with Crippen molar-refractivity contribution in [2.45, 2.75) is 19.9 Å². The van der Waals surface area contributed by atoms with Crippen molar-refractivity contribution in [1.29, 1.82) is 0 Å². The zero-order valence-corrected chi connectivity index (χ0v) is 12.7. The minimum atomic E-state index is -0.267. The molecule has 3 N–H and O–H groups in total. The Balaban J connectivity index is 2.77. The van der Waals surface area contributed by atoms with Crippen molar-refractivity contribution < 1.29 is 4.79 Å². The van der Waals surface area contributed by atoms with E-state index in [0.717, 1.165) is 3.57 Å². The van der Waals surface area contributed by atoms with E-state index in [4.69, 9.17) is 18.0 Å². The molecule has 1 atom stereocenters. The molecule has 0 spiro atoms. The average molecular weight is 362 g/mol. The Morgan fingerprint density at radius 1 is 1.35 bits per heavy atom. The molecular weight excluding hydrogens is 347 g/mol. The molecule has 1 aromatic carbocycles. The summed E-state index contributed by atoms with van der Waals surface area (Å²) >= 11 is 7.14. The highest BCUT2D eigenvalue weighted by atomic mass is 127. The van der Waals surface area contributed by atoms with Gasteiger partial charge in [0, 0.05) is 9.13 Å². The van der Waals surface area contributed by atoms with Gasteiger partial charge in [-0.3, -0.25) is 4.79 Å². The summed E-state index contributed by atoms with van der Waals surface area (Å²) in [6.07, 6.45) is 0. The Hall–Kier alpha value is -0.690. The third kappa shape index (κ3) is 4.23. The van der Waals surface area contributed by atoms with E-state index in [1.54, 1.807) is 12.1 Å². The smallest absolute Gasteiger partial charge is 0.251 e. The van der Waals surface area contributed by atoms with Crippen LogP contribution in [0.4, 0.5) is 0 Å². The molecule has 1 aromatic rings. The number of nitrogens with two attached hydrogens (primary N) is 1. The molecule has 0 fully saturated rings. The van der Waals surface area contributed by atoms with Gasteiger partial charge in [0.1, 0.15) is 0 Å². The molecule has 0 aliphatic rings. The second kappa shape index (κ2) is 6.30. The number of benzene rings is 1. The molecule has 0 saturated carbocycles. The summed E-state index contributed by atoms with van der Waals surface area (Å²) in [5.41, 5.74) is 6.22. The van der Waals surface area contributed by atoms with Crippen LogP contribution in [0.2, 0.25) is 0 Å². The number of halogens is 1. The fourth-order valence-corrected chi connectivity index (χ4v) is 2.08. The Bertz CT molecular complexity index is 417. The van der Waals surface area contributed by atoms with E-state index < -0.39 is 0 Å². The summed E-state index contributed by atoms with van der Waals surface area (Å²) in [7, 11) is 0. The molecule has 0 bridgehead atoms. The van der Waals surface area contributed by atoms with Gasteiger partial charge in [0.15, 0.2) is 0 Å². The molecule has 1 amide bonds. The van der Waals surface area contributed by atoms with Gasteiger partial charge in [0.05, 0.1) is 11.0 Å². The lowest BCUT2D eigenvalue weighted by molar-refractivity contribution is 0.0940. The number of amides is 1. The zero-order chi connectivity index (χ0) is 13.0. The number of carbonyl (C=O) groups excluding carboxylic acids is 1. The predicted octanol–water partition coefficient (Wildman–Crippen LogP) is 2.33. The number of hydrogen-bond donors (Lipinski definition) is 2. The number of rotatable bonds is 4. The Morgan fingerprint density at radius 3 is 2.29 bits per heavy atom. The lowest BCUT2D eigenvalue weighted by Crippen LogP contribution is -2.46. The van der Waals surface area contributed by atoms with Crippen molar-refractivity contribution >= 4 is 45.7 Å². The summed E-state index contributed by atoms with van der Waals surface area (Å²) in [5, 5.41) is 2.84. The van der Waals surface area contributed by atoms with Crippen molar-refractivity contribution in [2.24, 2.45) is 11.7 Å². The van der Waals surface area contributed by atoms with Crippen LogP contribution in [0.5, 0.6) is 0 Å². The van der Waals surface area contributed by atoms with Gasteiger partial charge in [-0.15, -0.1) is 0 Å². The first-order chi connectivity index (χ1) is 7.91. The van der Waals surface area contributed by atoms with Crippen molar-refractivity contribution in [1.82, 2.24) is 5.32 Å². The second-order valence-electron chi connectivity index (χ2n) is 4.10. The molecule has 0 heterocycles. The number of carbonyl (C=O) groups is 1. The lowest BCUT2D eigenvalue weighted by Gasteiger charge is -2.21. The van der Waals surface area contributed by atoms with E-state index in [9.17, 15) is 4.79 Å². The molecule has 0 aromatic heterocycles. The van der Waals surface area contributed by atoms with Crippen LogP contribution in [0.15, 0.2) is 24.3 Å². The summed E-state index contributed by atoms with van der Waals surface area (Å²) in [5.74, 6) is 0.0354. The first-order valence-electron chi connectivity index (χ1n) is 5.27. The molecule has 1 rings (SSSR count). The lowest BCUT2D eigenvalue weighted by atomic mass is 10.0. The predicted molar refractivity (Wildman–Crippen MR) is 82.0 cm³/mol. The molecule has 0 aliphatic carbocycles. The van der Waals surface area contributed by atoms with Crippen molar-refractivity contribution in [3.63, 3.8) is 0 Å². The van der Waals surface area contributed by atoms with Crippen LogP contribution in [-0.2, 0) is 0 Å². The minimum absolute atomic E-state index is 0.145. The summed E-state index contributed by atoms with van der Waals surface area (Å²) < 4.78 is 1.09. The maximum atomic E-state index is 11.9. The maximum Gasteiger partial charge on any atom is 0.251 e. The van der Waals surface area contributed by atoms with Crippen LogP contribution < -0.4 is 11.1 Å². The van der Waals surface area contributed by atoms with Crippen LogP contribution >= 0.6 is 34.8 Å². The van der Waals surface area contributed by atoms with Gasteiger partial charge in [0.2, 0.25) is 0 Å². The fraction of sp³-hybridized carbons (Fsp3) is 0.333. The standard InChI is InChI=1S/C12H15IN2OS/c1-7(2)10(11(14)17)15-12(16)8-3-5-9(13)6-4-8/h3-7,10H,1-2H3,(H2,14,17)(H,15,16). The molecule has 3 nitrogen and oxygen atoms in total. The van der Waals surface area contributed by atoms with Crippen LogP contribution in [0.1, 0.15) is 24.2 Å². The normalized spacial score (nSPS) is 12.2. The summed E-state index contributed by atoms with van der Waals surface area (Å²) in [6.45, 7) is 3.94. The number of hydrogen-bond acceptors (Lipinski definition) is 2. The van der Waals surface area contributed by atoms with Crippen LogP contribution in [0, 0.1) is 9.49 Å². The van der Waals surface area contributed by atoms with Gasteiger partial charge in [-0.25, -0.2) is 0 Å². The second-order valence-corrected chi connectivity index (χ2v) is 5.82. The first-order valence-corrected chi connectivity index (χ1v) is 6.76. The van der Waals surface area contributed by atoms with Gasteiger partial charge < -0.3 is 11.1 Å². The highest BCUT2D eigenvalue weighted by Crippen LogP contribution is 2.08. The highest BCUT2D eigenvalue weighted by Gasteiger charge is 2.19. The quantitative estimate of drug-likeness (QED) is 0.639. The number of nitrogens with one attached hydrogen (secondary N) is 1. The average Bonchev–Trinajstić information content (AvgIpc) is 2.25. The van der Waals surface area contributed by atoms with E-state index in [1.807, 2.05) is 26.0 Å². The Morgan fingerprint density at radius 2 is 1.88 bits per heavy atom. The minimum Gasteiger partial charge on any atom is -0.392 e. The number of thiocarbonyl (C=S) groups is 1. The third-order valence-electron chi connectivity index (χ3n) is 2.37. The monoisotopic (exact) mass is 362 g/mol. The van der Waals surface area contributed by atoms with E-state index >= 15 is 0 Å². The molecule has 1 unspecified atom stereocenters. The Labute approximate surface area is 120 Å². The van der Waals surface area contributed by atoms with Gasteiger partial charge in [0.25, 0.3) is 5.91 Å². The van der Waals surface area contributed by atoms with Crippen molar-refractivity contribution in [3.8, 4) is 0 Å². The summed E-state index contributed by atoms with van der Waals surface area (Å²) in [6, 6.07) is 7.08. The van der Waals surface area contributed by atoms with E-state index in [-0.39, 0.29) is 17.9 Å². The van der Waals surface area contributed by atoms with Crippen LogP contribution in [-0.4, -0.2) is 16.9 Å². The van der Waals surface area contributed by atoms with Crippen molar-refractivity contribution in [2.75, 3.05) is 0 Å².